The predicted octanol–water partition coefficient (Wildman–Crippen LogP) is 1.12. The highest BCUT2D eigenvalue weighted by atomic mass is 32.2. The topological polar surface area (TPSA) is 111 Å². The second-order valence-corrected chi connectivity index (χ2v) is 9.43. The van der Waals surface area contributed by atoms with E-state index in [2.05, 4.69) is 9.97 Å². The van der Waals surface area contributed by atoms with E-state index in [1.807, 2.05) is 11.5 Å². The SMILES string of the molecule is Cc1cc(C(=O)COC(=O)CN(C)c2ncccn2)c(C)n1C1CCS(=O)(=O)C1. The summed E-state index contributed by atoms with van der Waals surface area (Å²) in [4.78, 5) is 34.3. The average molecular weight is 420 g/mol. The van der Waals surface area contributed by atoms with Crippen LogP contribution in [0, 0.1) is 13.8 Å². The minimum atomic E-state index is -3.03. The van der Waals surface area contributed by atoms with Crippen molar-refractivity contribution < 1.29 is 22.7 Å². The Labute approximate surface area is 169 Å². The average Bonchev–Trinajstić information content (AvgIpc) is 3.18. The molecule has 0 saturated carbocycles. The number of aryl methyl sites for hydroxylation is 1. The van der Waals surface area contributed by atoms with Gasteiger partial charge < -0.3 is 14.2 Å². The van der Waals surface area contributed by atoms with Gasteiger partial charge in [0, 0.05) is 42.4 Å². The number of rotatable bonds is 7. The van der Waals surface area contributed by atoms with Crippen LogP contribution < -0.4 is 4.90 Å². The monoisotopic (exact) mass is 420 g/mol. The molecule has 2 aromatic heterocycles. The Morgan fingerprint density at radius 2 is 1.97 bits per heavy atom. The molecule has 3 rings (SSSR count). The molecule has 0 aromatic carbocycles. The second-order valence-electron chi connectivity index (χ2n) is 7.20. The van der Waals surface area contributed by atoms with Gasteiger partial charge in [-0.3, -0.25) is 9.59 Å². The summed E-state index contributed by atoms with van der Waals surface area (Å²) in [6.07, 6.45) is 3.67. The zero-order chi connectivity index (χ0) is 21.2. The molecule has 1 fully saturated rings. The Balaban J connectivity index is 1.61. The van der Waals surface area contributed by atoms with Gasteiger partial charge in [-0.1, -0.05) is 0 Å². The van der Waals surface area contributed by atoms with Gasteiger partial charge in [0.15, 0.2) is 16.4 Å². The van der Waals surface area contributed by atoms with Crippen molar-refractivity contribution in [3.8, 4) is 0 Å². The predicted molar refractivity (Wildman–Crippen MR) is 107 cm³/mol. The number of aromatic nitrogens is 3. The summed E-state index contributed by atoms with van der Waals surface area (Å²) < 4.78 is 30.6. The number of carbonyl (C=O) groups is 2. The van der Waals surface area contributed by atoms with E-state index in [-0.39, 0.29) is 36.5 Å². The summed E-state index contributed by atoms with van der Waals surface area (Å²) in [5.74, 6) is -0.263. The first-order chi connectivity index (χ1) is 13.7. The first kappa shape index (κ1) is 21.0. The van der Waals surface area contributed by atoms with Gasteiger partial charge in [-0.05, 0) is 32.4 Å². The third kappa shape index (κ3) is 4.81. The fraction of sp³-hybridized carbons (Fsp3) is 0.474. The number of Topliss-reactive ketones (excluding diaryl/α,β-unsaturated/α-hetero) is 1. The van der Waals surface area contributed by atoms with Crippen molar-refractivity contribution >= 4 is 27.5 Å². The van der Waals surface area contributed by atoms with Crippen molar-refractivity contribution in [1.82, 2.24) is 14.5 Å². The molecule has 9 nitrogen and oxygen atoms in total. The van der Waals surface area contributed by atoms with Crippen molar-refractivity contribution in [3.63, 3.8) is 0 Å². The van der Waals surface area contributed by atoms with Crippen LogP contribution in [0.3, 0.4) is 0 Å². The summed E-state index contributed by atoms with van der Waals surface area (Å²) in [5.41, 5.74) is 1.96. The van der Waals surface area contributed by atoms with E-state index in [0.29, 0.717) is 23.6 Å². The van der Waals surface area contributed by atoms with Crippen LogP contribution in [0.25, 0.3) is 0 Å². The molecular weight excluding hydrogens is 396 g/mol. The van der Waals surface area contributed by atoms with Gasteiger partial charge in [-0.15, -0.1) is 0 Å². The molecule has 29 heavy (non-hydrogen) atoms. The highest BCUT2D eigenvalue weighted by molar-refractivity contribution is 7.91. The molecule has 0 bridgehead atoms. The molecule has 1 atom stereocenters. The Hall–Kier alpha value is -2.75. The minimum absolute atomic E-state index is 0.0832. The van der Waals surface area contributed by atoms with E-state index in [0.717, 1.165) is 5.69 Å². The van der Waals surface area contributed by atoms with Crippen LogP contribution in [0.15, 0.2) is 24.5 Å². The van der Waals surface area contributed by atoms with Crippen molar-refractivity contribution in [2.45, 2.75) is 26.3 Å². The quantitative estimate of drug-likeness (QED) is 0.484. The number of hydrogen-bond acceptors (Lipinski definition) is 8. The number of hydrogen-bond donors (Lipinski definition) is 0. The maximum absolute atomic E-state index is 12.6. The third-order valence-corrected chi connectivity index (χ3v) is 6.73. The number of ether oxygens (including phenoxy) is 1. The number of likely N-dealkylation sites (N-methyl/N-ethyl adjacent to an activating group) is 1. The Kier molecular flexibility index (Phi) is 6.02. The van der Waals surface area contributed by atoms with E-state index in [1.165, 1.54) is 4.90 Å². The van der Waals surface area contributed by atoms with Crippen LogP contribution in [0.2, 0.25) is 0 Å². The van der Waals surface area contributed by atoms with Crippen molar-refractivity contribution in [3.05, 3.63) is 41.5 Å². The molecule has 0 N–H and O–H groups in total. The molecule has 0 amide bonds. The number of anilines is 1. The summed E-state index contributed by atoms with van der Waals surface area (Å²) in [5, 5.41) is 0. The van der Waals surface area contributed by atoms with Gasteiger partial charge in [0.2, 0.25) is 11.7 Å². The van der Waals surface area contributed by atoms with E-state index >= 15 is 0 Å². The van der Waals surface area contributed by atoms with Crippen molar-refractivity contribution in [2.24, 2.45) is 0 Å². The summed E-state index contributed by atoms with van der Waals surface area (Å²) in [6.45, 7) is 3.16. The smallest absolute Gasteiger partial charge is 0.326 e. The van der Waals surface area contributed by atoms with E-state index < -0.39 is 15.8 Å². The minimum Gasteiger partial charge on any atom is -0.456 e. The van der Waals surface area contributed by atoms with Crippen LogP contribution in [-0.4, -0.2) is 66.4 Å². The lowest BCUT2D eigenvalue weighted by molar-refractivity contribution is -0.140. The largest absolute Gasteiger partial charge is 0.456 e. The number of sulfone groups is 1. The first-order valence-electron chi connectivity index (χ1n) is 9.24. The van der Waals surface area contributed by atoms with Gasteiger partial charge in [-0.25, -0.2) is 18.4 Å². The van der Waals surface area contributed by atoms with Crippen LogP contribution in [-0.2, 0) is 19.4 Å². The van der Waals surface area contributed by atoms with Crippen LogP contribution in [0.5, 0.6) is 0 Å². The fourth-order valence-electron chi connectivity index (χ4n) is 3.62. The number of nitrogens with zero attached hydrogens (tertiary/aromatic N) is 4. The number of esters is 1. The van der Waals surface area contributed by atoms with Gasteiger partial charge in [0.25, 0.3) is 0 Å². The molecule has 10 heteroatoms. The maximum Gasteiger partial charge on any atom is 0.326 e. The van der Waals surface area contributed by atoms with E-state index in [4.69, 9.17) is 4.74 Å². The van der Waals surface area contributed by atoms with E-state index in [1.54, 1.807) is 38.5 Å². The maximum atomic E-state index is 12.6. The lowest BCUT2D eigenvalue weighted by Gasteiger charge is -2.16. The normalized spacial score (nSPS) is 17.8. The molecule has 0 aliphatic carbocycles. The summed E-state index contributed by atoms with van der Waals surface area (Å²) in [7, 11) is -1.38. The third-order valence-electron chi connectivity index (χ3n) is 4.98. The number of ketones is 1. The molecule has 3 heterocycles. The highest BCUT2D eigenvalue weighted by Crippen LogP contribution is 2.29. The van der Waals surface area contributed by atoms with Crippen molar-refractivity contribution in [2.75, 3.05) is 36.6 Å². The van der Waals surface area contributed by atoms with E-state index in [9.17, 15) is 18.0 Å². The van der Waals surface area contributed by atoms with Crippen molar-refractivity contribution in [1.29, 1.82) is 0 Å². The Morgan fingerprint density at radius 3 is 2.59 bits per heavy atom. The Bertz CT molecular complexity index is 1020. The summed E-state index contributed by atoms with van der Waals surface area (Å²) in [6, 6.07) is 3.23. The fourth-order valence-corrected chi connectivity index (χ4v) is 5.32. The van der Waals surface area contributed by atoms with Crippen LogP contribution >= 0.6 is 0 Å². The lowest BCUT2D eigenvalue weighted by atomic mass is 10.1. The Morgan fingerprint density at radius 1 is 1.28 bits per heavy atom. The highest BCUT2D eigenvalue weighted by Gasteiger charge is 2.31. The molecular formula is C19H24N4O5S. The zero-order valence-electron chi connectivity index (χ0n) is 16.7. The molecule has 156 valence electrons. The standard InChI is InChI=1S/C19H24N4O5S/c1-13-9-16(14(2)23(13)15-5-8-29(26,27)12-15)17(24)11-28-18(25)10-22(3)19-20-6-4-7-21-19/h4,6-7,9,15H,5,8,10-12H2,1-3H3. The zero-order valence-corrected chi connectivity index (χ0v) is 17.5. The van der Waals surface area contributed by atoms with Crippen LogP contribution in [0.1, 0.15) is 34.2 Å². The van der Waals surface area contributed by atoms with Crippen LogP contribution in [0.4, 0.5) is 5.95 Å². The molecule has 2 aromatic rings. The molecule has 1 saturated heterocycles. The molecule has 0 radical (unpaired) electrons. The second kappa shape index (κ2) is 8.32. The summed E-state index contributed by atoms with van der Waals surface area (Å²) >= 11 is 0. The van der Waals surface area contributed by atoms with Gasteiger partial charge in [-0.2, -0.15) is 0 Å². The molecule has 0 spiro atoms. The molecule has 1 unspecified atom stereocenters. The lowest BCUT2D eigenvalue weighted by Crippen LogP contribution is -2.29. The molecule has 1 aliphatic rings. The van der Waals surface area contributed by atoms with Gasteiger partial charge in [0.05, 0.1) is 11.5 Å². The van der Waals surface area contributed by atoms with Gasteiger partial charge >= 0.3 is 5.97 Å². The first-order valence-corrected chi connectivity index (χ1v) is 11.1. The number of carbonyl (C=O) groups excluding carboxylic acids is 2. The molecule has 1 aliphatic heterocycles. The van der Waals surface area contributed by atoms with Gasteiger partial charge in [0.1, 0.15) is 6.54 Å².